The predicted molar refractivity (Wildman–Crippen MR) is 103 cm³/mol. The summed E-state index contributed by atoms with van der Waals surface area (Å²) in [6, 6.07) is 13.6. The van der Waals surface area contributed by atoms with E-state index in [0.717, 1.165) is 32.5 Å². The minimum atomic E-state index is -0.109. The van der Waals surface area contributed by atoms with Crippen molar-refractivity contribution in [3.63, 3.8) is 0 Å². The maximum atomic E-state index is 12.3. The van der Waals surface area contributed by atoms with Crippen LogP contribution < -0.4 is 10.9 Å². The Balaban J connectivity index is 1.46. The minimum absolute atomic E-state index is 0.108. The fourth-order valence-electron chi connectivity index (χ4n) is 3.52. The second-order valence-electron chi connectivity index (χ2n) is 7.12. The van der Waals surface area contributed by atoms with Gasteiger partial charge in [-0.05, 0) is 43.4 Å². The molecule has 1 aromatic carbocycles. The van der Waals surface area contributed by atoms with Crippen molar-refractivity contribution in [3.8, 4) is 0 Å². The summed E-state index contributed by atoms with van der Waals surface area (Å²) in [5, 5.41) is 3.03. The van der Waals surface area contributed by atoms with Gasteiger partial charge in [0.25, 0.3) is 5.91 Å². The van der Waals surface area contributed by atoms with E-state index in [2.05, 4.69) is 34.5 Å². The molecule has 1 aliphatic rings. The fraction of sp³-hybridized carbons (Fsp3) is 0.429. The molecule has 1 unspecified atom stereocenters. The molecule has 1 amide bonds. The number of aryl methyl sites for hydroxylation is 1. The van der Waals surface area contributed by atoms with Gasteiger partial charge >= 0.3 is 0 Å². The van der Waals surface area contributed by atoms with Crippen LogP contribution in [0.4, 0.5) is 0 Å². The maximum Gasteiger partial charge on any atom is 0.252 e. The van der Waals surface area contributed by atoms with Gasteiger partial charge in [-0.3, -0.25) is 9.59 Å². The average molecular weight is 353 g/mol. The number of nitrogens with zero attached hydrogens (tertiary/aromatic N) is 2. The lowest BCUT2D eigenvalue weighted by Gasteiger charge is -2.32. The molecule has 2 aromatic rings. The van der Waals surface area contributed by atoms with Crippen molar-refractivity contribution < 1.29 is 4.79 Å². The molecule has 1 aliphatic heterocycles. The molecule has 1 N–H and O–H groups in total. The second kappa shape index (κ2) is 8.81. The highest BCUT2D eigenvalue weighted by Crippen LogP contribution is 2.16. The molecule has 138 valence electrons. The highest BCUT2D eigenvalue weighted by molar-refractivity contribution is 5.93. The van der Waals surface area contributed by atoms with Crippen molar-refractivity contribution in [1.29, 1.82) is 0 Å². The third-order valence-corrected chi connectivity index (χ3v) is 5.06. The van der Waals surface area contributed by atoms with Gasteiger partial charge in [-0.25, -0.2) is 0 Å². The molecule has 3 rings (SSSR count). The van der Waals surface area contributed by atoms with E-state index in [-0.39, 0.29) is 11.5 Å². The SMILES string of the molecule is Cn1cc(C(=O)NCC2CCCN(CCc3ccccc3)C2)ccc1=O. The molecular formula is C21H27N3O2. The zero-order valence-corrected chi connectivity index (χ0v) is 15.4. The minimum Gasteiger partial charge on any atom is -0.352 e. The molecule has 1 saturated heterocycles. The summed E-state index contributed by atoms with van der Waals surface area (Å²) in [6.45, 7) is 3.91. The first-order chi connectivity index (χ1) is 12.6. The third-order valence-electron chi connectivity index (χ3n) is 5.06. The summed E-state index contributed by atoms with van der Waals surface area (Å²) >= 11 is 0. The van der Waals surface area contributed by atoms with Gasteiger partial charge in [0.05, 0.1) is 5.56 Å². The van der Waals surface area contributed by atoms with E-state index in [0.29, 0.717) is 18.0 Å². The summed E-state index contributed by atoms with van der Waals surface area (Å²) in [5.74, 6) is 0.373. The van der Waals surface area contributed by atoms with Gasteiger partial charge in [0.15, 0.2) is 0 Å². The summed E-state index contributed by atoms with van der Waals surface area (Å²) in [4.78, 5) is 26.2. The summed E-state index contributed by atoms with van der Waals surface area (Å²) in [5.41, 5.74) is 1.80. The lowest BCUT2D eigenvalue weighted by molar-refractivity contribution is 0.0932. The van der Waals surface area contributed by atoms with Crippen LogP contribution >= 0.6 is 0 Å². The third kappa shape index (κ3) is 5.05. The number of rotatable bonds is 6. The summed E-state index contributed by atoms with van der Waals surface area (Å²) in [6.07, 6.45) is 4.98. The van der Waals surface area contributed by atoms with E-state index in [9.17, 15) is 9.59 Å². The second-order valence-corrected chi connectivity index (χ2v) is 7.12. The first-order valence-electron chi connectivity index (χ1n) is 9.33. The van der Waals surface area contributed by atoms with Crippen molar-refractivity contribution in [2.24, 2.45) is 13.0 Å². The molecule has 1 fully saturated rings. The monoisotopic (exact) mass is 353 g/mol. The van der Waals surface area contributed by atoms with Crippen molar-refractivity contribution in [3.05, 3.63) is 70.1 Å². The fourth-order valence-corrected chi connectivity index (χ4v) is 3.52. The molecule has 0 bridgehead atoms. The molecule has 26 heavy (non-hydrogen) atoms. The summed E-state index contributed by atoms with van der Waals surface area (Å²) in [7, 11) is 1.66. The van der Waals surface area contributed by atoms with Crippen LogP contribution in [-0.2, 0) is 13.5 Å². The van der Waals surface area contributed by atoms with E-state index in [1.54, 1.807) is 19.3 Å². The lowest BCUT2D eigenvalue weighted by atomic mass is 9.97. The van der Waals surface area contributed by atoms with Crippen LogP contribution in [-0.4, -0.2) is 41.6 Å². The first kappa shape index (κ1) is 18.4. The van der Waals surface area contributed by atoms with Gasteiger partial charge in [-0.15, -0.1) is 0 Å². The van der Waals surface area contributed by atoms with Crippen molar-refractivity contribution in [1.82, 2.24) is 14.8 Å². The van der Waals surface area contributed by atoms with Crippen LogP contribution in [0, 0.1) is 5.92 Å². The largest absolute Gasteiger partial charge is 0.352 e. The molecule has 0 spiro atoms. The highest BCUT2D eigenvalue weighted by Gasteiger charge is 2.20. The molecular weight excluding hydrogens is 326 g/mol. The Hall–Kier alpha value is -2.40. The molecule has 0 radical (unpaired) electrons. The van der Waals surface area contributed by atoms with E-state index in [4.69, 9.17) is 0 Å². The Morgan fingerprint density at radius 3 is 2.77 bits per heavy atom. The van der Waals surface area contributed by atoms with Crippen LogP contribution in [0.15, 0.2) is 53.5 Å². The number of hydrogen-bond donors (Lipinski definition) is 1. The van der Waals surface area contributed by atoms with Crippen molar-refractivity contribution in [2.75, 3.05) is 26.2 Å². The van der Waals surface area contributed by atoms with Crippen LogP contribution in [0.3, 0.4) is 0 Å². The van der Waals surface area contributed by atoms with Crippen LogP contribution in [0.2, 0.25) is 0 Å². The number of pyridine rings is 1. The summed E-state index contributed by atoms with van der Waals surface area (Å²) < 4.78 is 1.43. The Morgan fingerprint density at radius 1 is 1.19 bits per heavy atom. The van der Waals surface area contributed by atoms with E-state index < -0.39 is 0 Å². The predicted octanol–water partition coefficient (Wildman–Crippen LogP) is 2.07. The number of aromatic nitrogens is 1. The van der Waals surface area contributed by atoms with Gasteiger partial charge < -0.3 is 14.8 Å². The molecule has 0 saturated carbocycles. The normalized spacial score (nSPS) is 17.8. The Bertz CT molecular complexity index is 785. The molecule has 5 heteroatoms. The number of carbonyl (C=O) groups is 1. The standard InChI is InChI=1S/C21H27N3O2/c1-23-16-19(9-10-20(23)25)21(26)22-14-18-8-5-12-24(15-18)13-11-17-6-3-2-4-7-17/h2-4,6-7,9-10,16,18H,5,8,11-15H2,1H3,(H,22,26). The number of hydrogen-bond acceptors (Lipinski definition) is 3. The van der Waals surface area contributed by atoms with Crippen LogP contribution in [0.1, 0.15) is 28.8 Å². The highest BCUT2D eigenvalue weighted by atomic mass is 16.2. The number of carbonyl (C=O) groups excluding carboxylic acids is 1. The number of amides is 1. The Labute approximate surface area is 154 Å². The molecule has 0 aliphatic carbocycles. The van der Waals surface area contributed by atoms with E-state index in [1.165, 1.54) is 22.6 Å². The Morgan fingerprint density at radius 2 is 2.00 bits per heavy atom. The van der Waals surface area contributed by atoms with Gasteiger partial charge in [-0.1, -0.05) is 30.3 Å². The maximum absolute atomic E-state index is 12.3. The quantitative estimate of drug-likeness (QED) is 0.865. The van der Waals surface area contributed by atoms with Gasteiger partial charge in [-0.2, -0.15) is 0 Å². The van der Waals surface area contributed by atoms with E-state index >= 15 is 0 Å². The van der Waals surface area contributed by atoms with Gasteiger partial charge in [0, 0.05) is 38.9 Å². The lowest BCUT2D eigenvalue weighted by Crippen LogP contribution is -2.41. The number of nitrogens with one attached hydrogen (secondary N) is 1. The smallest absolute Gasteiger partial charge is 0.252 e. The molecule has 1 atom stereocenters. The molecule has 5 nitrogen and oxygen atoms in total. The molecule has 1 aromatic heterocycles. The Kier molecular flexibility index (Phi) is 6.23. The van der Waals surface area contributed by atoms with Crippen molar-refractivity contribution >= 4 is 5.91 Å². The number of likely N-dealkylation sites (tertiary alicyclic amines) is 1. The number of benzene rings is 1. The van der Waals surface area contributed by atoms with Gasteiger partial charge in [0.2, 0.25) is 5.56 Å². The zero-order chi connectivity index (χ0) is 18.4. The number of piperidine rings is 1. The first-order valence-corrected chi connectivity index (χ1v) is 9.33. The van der Waals surface area contributed by atoms with E-state index in [1.807, 2.05) is 6.07 Å². The van der Waals surface area contributed by atoms with Crippen molar-refractivity contribution in [2.45, 2.75) is 19.3 Å². The van der Waals surface area contributed by atoms with Gasteiger partial charge in [0.1, 0.15) is 0 Å². The zero-order valence-electron chi connectivity index (χ0n) is 15.4. The molecule has 2 heterocycles. The topological polar surface area (TPSA) is 54.3 Å². The average Bonchev–Trinajstić information content (AvgIpc) is 2.68. The van der Waals surface area contributed by atoms with Crippen LogP contribution in [0.25, 0.3) is 0 Å². The van der Waals surface area contributed by atoms with Crippen LogP contribution in [0.5, 0.6) is 0 Å².